The smallest absolute Gasteiger partial charge is 0.338 e. The number of fused-ring (bicyclic) bond motifs is 1. The van der Waals surface area contributed by atoms with Gasteiger partial charge in [-0.25, -0.2) is 14.6 Å². The molecule has 0 spiro atoms. The van der Waals surface area contributed by atoms with E-state index in [0.717, 1.165) is 41.1 Å². The molecule has 10 nitrogen and oxygen atoms in total. The molecule has 222 valence electrons. The van der Waals surface area contributed by atoms with E-state index in [9.17, 15) is 19.2 Å². The lowest BCUT2D eigenvalue weighted by Crippen LogP contribution is -2.45. The Hall–Kier alpha value is -4.47. The van der Waals surface area contributed by atoms with E-state index in [2.05, 4.69) is 6.92 Å². The molecule has 0 saturated heterocycles. The monoisotopic (exact) mass is 575 g/mol. The lowest BCUT2D eigenvalue weighted by Gasteiger charge is -2.34. The summed E-state index contributed by atoms with van der Waals surface area (Å²) in [6.45, 7) is 4.59. The molecule has 0 radical (unpaired) electrons. The maximum Gasteiger partial charge on any atom is 0.338 e. The Bertz CT molecular complexity index is 1440. The van der Waals surface area contributed by atoms with Crippen LogP contribution in [0.1, 0.15) is 72.3 Å². The van der Waals surface area contributed by atoms with E-state index >= 15 is 0 Å². The fourth-order valence-electron chi connectivity index (χ4n) is 5.31. The number of hydrogen-bond donors (Lipinski definition) is 0. The van der Waals surface area contributed by atoms with E-state index in [1.54, 1.807) is 19.1 Å². The quantitative estimate of drug-likeness (QED) is 0.189. The van der Waals surface area contributed by atoms with Crippen LogP contribution in [-0.4, -0.2) is 65.6 Å². The molecule has 3 aromatic rings. The van der Waals surface area contributed by atoms with Crippen molar-refractivity contribution in [3.8, 4) is 11.1 Å². The predicted molar refractivity (Wildman–Crippen MR) is 155 cm³/mol. The average molecular weight is 576 g/mol. The summed E-state index contributed by atoms with van der Waals surface area (Å²) in [6, 6.07) is 14.1. The summed E-state index contributed by atoms with van der Waals surface area (Å²) in [6.07, 6.45) is 2.58. The molecule has 0 bridgehead atoms. The van der Waals surface area contributed by atoms with Crippen molar-refractivity contribution in [3.05, 3.63) is 76.9 Å². The van der Waals surface area contributed by atoms with Gasteiger partial charge in [0.2, 0.25) is 5.91 Å². The zero-order valence-electron chi connectivity index (χ0n) is 24.6. The SMILES string of the molecule is CCCCc1nc2c(n1Cc1ccc(-c3ccccc3C(=O)OC)cc1)C(C(=O)OC)N(C(=O)CC(=O)OCC)CC2. The van der Waals surface area contributed by atoms with Gasteiger partial charge in [-0.2, -0.15) is 0 Å². The van der Waals surface area contributed by atoms with Crippen LogP contribution >= 0.6 is 0 Å². The standard InChI is InChI=1S/C32H37N3O7/c1-5-7-12-26-33-25-17-18-34(27(36)19-28(37)42-6-2)30(32(39)41-4)29(25)35(26)20-21-13-15-22(16-14-21)23-10-8-9-11-24(23)31(38)40-3/h8-11,13-16,30H,5-7,12,17-20H2,1-4H3. The fourth-order valence-corrected chi connectivity index (χ4v) is 5.31. The highest BCUT2D eigenvalue weighted by Crippen LogP contribution is 2.34. The predicted octanol–water partition coefficient (Wildman–Crippen LogP) is 4.28. The fraction of sp³-hybridized carbons (Fsp3) is 0.406. The number of methoxy groups -OCH3 is 2. The molecule has 0 saturated carbocycles. The van der Waals surface area contributed by atoms with Crippen LogP contribution < -0.4 is 0 Å². The van der Waals surface area contributed by atoms with Gasteiger partial charge < -0.3 is 23.7 Å². The van der Waals surface area contributed by atoms with Gasteiger partial charge in [-0.05, 0) is 36.1 Å². The van der Waals surface area contributed by atoms with Gasteiger partial charge in [0.05, 0.1) is 37.8 Å². The van der Waals surface area contributed by atoms with Crippen molar-refractivity contribution in [2.45, 2.75) is 58.5 Å². The third-order valence-corrected chi connectivity index (χ3v) is 7.36. The van der Waals surface area contributed by atoms with Crippen LogP contribution in [0.25, 0.3) is 11.1 Å². The number of carbonyl (C=O) groups excluding carboxylic acids is 4. The number of ether oxygens (including phenoxy) is 3. The highest BCUT2D eigenvalue weighted by molar-refractivity contribution is 5.97. The summed E-state index contributed by atoms with van der Waals surface area (Å²) in [4.78, 5) is 57.1. The van der Waals surface area contributed by atoms with Crippen LogP contribution in [0.2, 0.25) is 0 Å². The lowest BCUT2D eigenvalue weighted by molar-refractivity contribution is -0.157. The summed E-state index contributed by atoms with van der Waals surface area (Å²) >= 11 is 0. The van der Waals surface area contributed by atoms with Gasteiger partial charge in [-0.15, -0.1) is 0 Å². The number of rotatable bonds is 11. The number of carbonyl (C=O) groups is 4. The Morgan fingerprint density at radius 2 is 1.71 bits per heavy atom. The van der Waals surface area contributed by atoms with Crippen molar-refractivity contribution in [2.24, 2.45) is 0 Å². The molecule has 1 unspecified atom stereocenters. The number of unbranched alkanes of at least 4 members (excludes halogenated alkanes) is 1. The van der Waals surface area contributed by atoms with Crippen LogP contribution in [0.3, 0.4) is 0 Å². The van der Waals surface area contributed by atoms with E-state index in [1.807, 2.05) is 41.0 Å². The molecule has 1 amide bonds. The number of amides is 1. The average Bonchev–Trinajstić information content (AvgIpc) is 3.35. The topological polar surface area (TPSA) is 117 Å². The van der Waals surface area contributed by atoms with Crippen molar-refractivity contribution in [1.82, 2.24) is 14.5 Å². The summed E-state index contributed by atoms with van der Waals surface area (Å²) in [5, 5.41) is 0. The molecule has 0 N–H and O–H groups in total. The first-order chi connectivity index (χ1) is 20.3. The molecule has 4 rings (SSSR count). The Labute approximate surface area is 245 Å². The second-order valence-electron chi connectivity index (χ2n) is 10.0. The second kappa shape index (κ2) is 13.9. The Morgan fingerprint density at radius 1 is 0.976 bits per heavy atom. The molecule has 42 heavy (non-hydrogen) atoms. The van der Waals surface area contributed by atoms with E-state index < -0.39 is 36.3 Å². The van der Waals surface area contributed by atoms with Crippen LogP contribution in [0.5, 0.6) is 0 Å². The normalized spacial score (nSPS) is 14.2. The zero-order chi connectivity index (χ0) is 30.2. The first kappa shape index (κ1) is 30.5. The van der Waals surface area contributed by atoms with Crippen molar-refractivity contribution in [2.75, 3.05) is 27.4 Å². The Kier molecular flexibility index (Phi) is 10.1. The minimum absolute atomic E-state index is 0.164. The molecule has 10 heteroatoms. The number of esters is 3. The molecule has 2 aromatic carbocycles. The summed E-state index contributed by atoms with van der Waals surface area (Å²) in [5.41, 5.74) is 4.41. The molecule has 1 aromatic heterocycles. The maximum atomic E-state index is 13.2. The molecule has 1 aliphatic rings. The number of imidazole rings is 1. The number of hydrogen-bond acceptors (Lipinski definition) is 8. The highest BCUT2D eigenvalue weighted by Gasteiger charge is 2.41. The van der Waals surface area contributed by atoms with Gasteiger partial charge in [-0.1, -0.05) is 55.8 Å². The summed E-state index contributed by atoms with van der Waals surface area (Å²) < 4.78 is 17.1. The lowest BCUT2D eigenvalue weighted by atomic mass is 9.98. The summed E-state index contributed by atoms with van der Waals surface area (Å²) in [7, 11) is 2.64. The molecule has 1 atom stereocenters. The van der Waals surface area contributed by atoms with E-state index in [4.69, 9.17) is 19.2 Å². The first-order valence-electron chi connectivity index (χ1n) is 14.2. The third kappa shape index (κ3) is 6.53. The number of nitrogens with zero attached hydrogens (tertiary/aromatic N) is 3. The molecular weight excluding hydrogens is 538 g/mol. The molecular formula is C32H37N3O7. The number of aromatic nitrogens is 2. The third-order valence-electron chi connectivity index (χ3n) is 7.36. The Morgan fingerprint density at radius 3 is 2.38 bits per heavy atom. The Balaban J connectivity index is 1.71. The van der Waals surface area contributed by atoms with Gasteiger partial charge >= 0.3 is 17.9 Å². The van der Waals surface area contributed by atoms with Crippen molar-refractivity contribution in [3.63, 3.8) is 0 Å². The van der Waals surface area contributed by atoms with Crippen molar-refractivity contribution >= 4 is 23.8 Å². The van der Waals surface area contributed by atoms with Crippen molar-refractivity contribution < 1.29 is 33.4 Å². The van der Waals surface area contributed by atoms with Crippen LogP contribution in [-0.2, 0) is 48.0 Å². The van der Waals surface area contributed by atoms with Gasteiger partial charge in [0.25, 0.3) is 0 Å². The molecule has 1 aliphatic heterocycles. The first-order valence-corrected chi connectivity index (χ1v) is 14.2. The molecule has 0 fully saturated rings. The minimum atomic E-state index is -1.03. The van der Waals surface area contributed by atoms with E-state index in [1.165, 1.54) is 19.1 Å². The molecule has 0 aliphatic carbocycles. The highest BCUT2D eigenvalue weighted by atomic mass is 16.5. The number of aryl methyl sites for hydroxylation is 1. The number of benzene rings is 2. The second-order valence-corrected chi connectivity index (χ2v) is 10.0. The van der Waals surface area contributed by atoms with Crippen molar-refractivity contribution in [1.29, 1.82) is 0 Å². The van der Waals surface area contributed by atoms with Gasteiger partial charge in [0.1, 0.15) is 12.2 Å². The van der Waals surface area contributed by atoms with Crippen LogP contribution in [0.4, 0.5) is 0 Å². The summed E-state index contributed by atoms with van der Waals surface area (Å²) in [5.74, 6) is -1.30. The zero-order valence-corrected chi connectivity index (χ0v) is 24.6. The largest absolute Gasteiger partial charge is 0.467 e. The minimum Gasteiger partial charge on any atom is -0.467 e. The molecule has 2 heterocycles. The van der Waals surface area contributed by atoms with Gasteiger partial charge in [-0.3, -0.25) is 9.59 Å². The van der Waals surface area contributed by atoms with E-state index in [0.29, 0.717) is 30.6 Å². The van der Waals surface area contributed by atoms with Gasteiger partial charge in [0.15, 0.2) is 6.04 Å². The van der Waals surface area contributed by atoms with Crippen LogP contribution in [0.15, 0.2) is 48.5 Å². The van der Waals surface area contributed by atoms with E-state index in [-0.39, 0.29) is 13.2 Å². The maximum absolute atomic E-state index is 13.2. The van der Waals surface area contributed by atoms with Crippen LogP contribution in [0, 0.1) is 0 Å². The van der Waals surface area contributed by atoms with Gasteiger partial charge in [0, 0.05) is 25.9 Å².